The Kier molecular flexibility index (Phi) is 6.01. The Balaban J connectivity index is 1.69. The van der Waals surface area contributed by atoms with Gasteiger partial charge in [-0.15, -0.1) is 0 Å². The van der Waals surface area contributed by atoms with Crippen molar-refractivity contribution in [2.24, 2.45) is 0 Å². The number of hydrogen-bond acceptors (Lipinski definition) is 5. The summed E-state index contributed by atoms with van der Waals surface area (Å²) in [6.07, 6.45) is 1.62. The maximum Gasteiger partial charge on any atom is 0.337 e. The Hall–Kier alpha value is -3.67. The van der Waals surface area contributed by atoms with E-state index in [2.05, 4.69) is 15.0 Å². The van der Waals surface area contributed by atoms with Gasteiger partial charge in [0.1, 0.15) is 5.82 Å². The number of methoxy groups -OCH3 is 1. The normalized spacial score (nSPS) is 10.2. The number of amides is 1. The van der Waals surface area contributed by atoms with Crippen molar-refractivity contribution in [1.29, 1.82) is 0 Å². The number of carbonyl (C=O) groups excluding carboxylic acids is 2. The number of ether oxygens (including phenoxy) is 1. The molecule has 142 valence electrons. The van der Waals surface area contributed by atoms with Gasteiger partial charge >= 0.3 is 5.97 Å². The molecule has 0 aliphatic heterocycles. The minimum Gasteiger partial charge on any atom is -0.465 e. The lowest BCUT2D eigenvalue weighted by Gasteiger charge is -2.18. The highest BCUT2D eigenvalue weighted by atomic mass is 16.5. The zero-order chi connectivity index (χ0) is 19.9. The van der Waals surface area contributed by atoms with Gasteiger partial charge in [-0.3, -0.25) is 4.79 Å². The molecule has 2 aromatic carbocycles. The van der Waals surface area contributed by atoms with Gasteiger partial charge in [0.25, 0.3) is 5.91 Å². The van der Waals surface area contributed by atoms with E-state index in [1.54, 1.807) is 42.6 Å². The Morgan fingerprint density at radius 2 is 1.71 bits per heavy atom. The summed E-state index contributed by atoms with van der Waals surface area (Å²) in [6.45, 7) is 0.688. The zero-order valence-corrected chi connectivity index (χ0v) is 15.8. The van der Waals surface area contributed by atoms with E-state index in [0.717, 1.165) is 5.56 Å². The second kappa shape index (κ2) is 8.81. The van der Waals surface area contributed by atoms with Crippen LogP contribution in [0.2, 0.25) is 0 Å². The molecule has 1 amide bonds. The van der Waals surface area contributed by atoms with Crippen LogP contribution in [0.15, 0.2) is 72.9 Å². The molecule has 6 heteroatoms. The van der Waals surface area contributed by atoms with E-state index in [-0.39, 0.29) is 5.91 Å². The number of nitrogens with zero attached hydrogens (tertiary/aromatic N) is 2. The molecule has 1 N–H and O–H groups in total. The van der Waals surface area contributed by atoms with Crippen molar-refractivity contribution in [3.05, 3.63) is 89.6 Å². The molecule has 0 atom stereocenters. The predicted molar refractivity (Wildman–Crippen MR) is 109 cm³/mol. The highest BCUT2D eigenvalue weighted by molar-refractivity contribution is 6.04. The molecule has 28 heavy (non-hydrogen) atoms. The van der Waals surface area contributed by atoms with Crippen LogP contribution in [0.1, 0.15) is 26.3 Å². The van der Waals surface area contributed by atoms with Crippen LogP contribution >= 0.6 is 0 Å². The lowest BCUT2D eigenvalue weighted by Crippen LogP contribution is -2.19. The van der Waals surface area contributed by atoms with Crippen LogP contribution < -0.4 is 10.2 Å². The molecule has 1 aromatic heterocycles. The number of pyridine rings is 1. The van der Waals surface area contributed by atoms with Gasteiger partial charge in [0.2, 0.25) is 0 Å². The van der Waals surface area contributed by atoms with E-state index in [1.807, 2.05) is 42.3 Å². The van der Waals surface area contributed by atoms with Crippen molar-refractivity contribution < 1.29 is 14.3 Å². The number of hydrogen-bond donors (Lipinski definition) is 1. The summed E-state index contributed by atoms with van der Waals surface area (Å²) in [5.41, 5.74) is 2.68. The second-order valence-corrected chi connectivity index (χ2v) is 6.27. The number of esters is 1. The molecule has 3 rings (SSSR count). The first-order valence-electron chi connectivity index (χ1n) is 8.77. The number of anilines is 2. The molecule has 0 fully saturated rings. The van der Waals surface area contributed by atoms with E-state index in [9.17, 15) is 9.59 Å². The minimum atomic E-state index is -0.418. The van der Waals surface area contributed by atoms with Crippen molar-refractivity contribution in [2.45, 2.75) is 6.54 Å². The first kappa shape index (κ1) is 19.1. The van der Waals surface area contributed by atoms with Gasteiger partial charge in [-0.2, -0.15) is 0 Å². The van der Waals surface area contributed by atoms with Crippen molar-refractivity contribution in [3.63, 3.8) is 0 Å². The molecule has 0 saturated heterocycles. The summed E-state index contributed by atoms with van der Waals surface area (Å²) in [6, 6.07) is 20.0. The molecule has 3 aromatic rings. The number of nitrogens with one attached hydrogen (secondary N) is 1. The quantitative estimate of drug-likeness (QED) is 0.664. The summed E-state index contributed by atoms with van der Waals surface area (Å²) in [5.74, 6) is 0.0400. The van der Waals surface area contributed by atoms with Gasteiger partial charge in [0.15, 0.2) is 0 Å². The Morgan fingerprint density at radius 1 is 1.00 bits per heavy atom. The molecule has 0 saturated carbocycles. The summed E-state index contributed by atoms with van der Waals surface area (Å²) in [4.78, 5) is 30.4. The third-order valence-corrected chi connectivity index (χ3v) is 4.23. The second-order valence-electron chi connectivity index (χ2n) is 6.27. The summed E-state index contributed by atoms with van der Waals surface area (Å²) in [7, 11) is 3.26. The Labute approximate surface area is 163 Å². The molecule has 1 heterocycles. The average Bonchev–Trinajstić information content (AvgIpc) is 2.74. The van der Waals surface area contributed by atoms with Crippen LogP contribution in [-0.4, -0.2) is 31.0 Å². The van der Waals surface area contributed by atoms with Crippen LogP contribution in [0.25, 0.3) is 0 Å². The van der Waals surface area contributed by atoms with Gasteiger partial charge < -0.3 is 15.0 Å². The summed E-state index contributed by atoms with van der Waals surface area (Å²) >= 11 is 0. The molecular weight excluding hydrogens is 354 g/mol. The van der Waals surface area contributed by atoms with Crippen molar-refractivity contribution in [3.8, 4) is 0 Å². The van der Waals surface area contributed by atoms with Crippen LogP contribution in [-0.2, 0) is 11.3 Å². The Morgan fingerprint density at radius 3 is 2.39 bits per heavy atom. The van der Waals surface area contributed by atoms with E-state index in [4.69, 9.17) is 0 Å². The minimum absolute atomic E-state index is 0.248. The number of rotatable bonds is 6. The molecule has 6 nitrogen and oxygen atoms in total. The molecule has 0 unspecified atom stereocenters. The smallest absolute Gasteiger partial charge is 0.337 e. The molecule has 0 spiro atoms. The first-order chi connectivity index (χ1) is 13.6. The topological polar surface area (TPSA) is 71.5 Å². The fourth-order valence-electron chi connectivity index (χ4n) is 2.72. The summed E-state index contributed by atoms with van der Waals surface area (Å²) < 4.78 is 4.67. The number of carbonyl (C=O) groups is 2. The van der Waals surface area contributed by atoms with E-state index < -0.39 is 5.97 Å². The SMILES string of the molecule is COC(=O)c1ccc(NC(=O)c2ccnc(N(C)Cc3ccccc3)c2)cc1. The molecule has 0 aliphatic rings. The highest BCUT2D eigenvalue weighted by Gasteiger charge is 2.11. The van der Waals surface area contributed by atoms with Crippen molar-refractivity contribution in [2.75, 3.05) is 24.4 Å². The average molecular weight is 375 g/mol. The van der Waals surface area contributed by atoms with Crippen LogP contribution in [0.4, 0.5) is 11.5 Å². The highest BCUT2D eigenvalue weighted by Crippen LogP contribution is 2.16. The van der Waals surface area contributed by atoms with Gasteiger partial charge in [0.05, 0.1) is 12.7 Å². The monoisotopic (exact) mass is 375 g/mol. The van der Waals surface area contributed by atoms with Crippen LogP contribution in [0.5, 0.6) is 0 Å². The maximum atomic E-state index is 12.6. The largest absolute Gasteiger partial charge is 0.465 e. The number of aromatic nitrogens is 1. The van der Waals surface area contributed by atoms with Gasteiger partial charge in [-0.05, 0) is 42.0 Å². The molecular formula is C22H21N3O3. The van der Waals surface area contributed by atoms with E-state index >= 15 is 0 Å². The fraction of sp³-hybridized carbons (Fsp3) is 0.136. The van der Waals surface area contributed by atoms with Gasteiger partial charge in [0, 0.05) is 31.0 Å². The van der Waals surface area contributed by atoms with E-state index in [1.165, 1.54) is 7.11 Å². The standard InChI is InChI=1S/C22H21N3O3/c1-25(15-16-6-4-3-5-7-16)20-14-18(12-13-23-20)21(26)24-19-10-8-17(9-11-19)22(27)28-2/h3-14H,15H2,1-2H3,(H,24,26). The third kappa shape index (κ3) is 4.73. The maximum absolute atomic E-state index is 12.6. The van der Waals surface area contributed by atoms with Crippen LogP contribution in [0.3, 0.4) is 0 Å². The molecule has 0 bridgehead atoms. The molecule has 0 aliphatic carbocycles. The third-order valence-electron chi connectivity index (χ3n) is 4.23. The first-order valence-corrected chi connectivity index (χ1v) is 8.77. The lowest BCUT2D eigenvalue weighted by atomic mass is 10.2. The summed E-state index contributed by atoms with van der Waals surface area (Å²) in [5, 5.41) is 2.82. The molecule has 0 radical (unpaired) electrons. The van der Waals surface area contributed by atoms with Crippen molar-refractivity contribution in [1.82, 2.24) is 4.98 Å². The number of benzene rings is 2. The van der Waals surface area contributed by atoms with Gasteiger partial charge in [-0.1, -0.05) is 30.3 Å². The van der Waals surface area contributed by atoms with Crippen LogP contribution in [0, 0.1) is 0 Å². The predicted octanol–water partition coefficient (Wildman–Crippen LogP) is 3.76. The van der Waals surface area contributed by atoms with Crippen molar-refractivity contribution >= 4 is 23.4 Å². The zero-order valence-electron chi connectivity index (χ0n) is 15.8. The van der Waals surface area contributed by atoms with Gasteiger partial charge in [-0.25, -0.2) is 9.78 Å². The van der Waals surface area contributed by atoms with E-state index in [0.29, 0.717) is 29.2 Å². The Bertz CT molecular complexity index is 956. The fourth-order valence-corrected chi connectivity index (χ4v) is 2.72. The lowest BCUT2D eigenvalue weighted by molar-refractivity contribution is 0.0600.